The van der Waals surface area contributed by atoms with Crippen molar-refractivity contribution in [2.45, 2.75) is 0 Å². The predicted molar refractivity (Wildman–Crippen MR) is 117 cm³/mol. The number of ether oxygens (including phenoxy) is 1. The zero-order valence-corrected chi connectivity index (χ0v) is 17.0. The highest BCUT2D eigenvalue weighted by Crippen LogP contribution is 2.41. The molecule has 3 aromatic carbocycles. The van der Waals surface area contributed by atoms with Gasteiger partial charge in [0.05, 0.1) is 7.11 Å². The molecular formula is C24H15BrO4. The van der Waals surface area contributed by atoms with Gasteiger partial charge in [-0.3, -0.25) is 0 Å². The van der Waals surface area contributed by atoms with Crippen molar-refractivity contribution in [3.8, 4) is 28.4 Å². The van der Waals surface area contributed by atoms with Crippen molar-refractivity contribution in [2.75, 3.05) is 7.11 Å². The minimum Gasteiger partial charge on any atom is -0.497 e. The molecule has 0 unspecified atom stereocenters. The van der Waals surface area contributed by atoms with E-state index in [2.05, 4.69) is 15.9 Å². The molecule has 29 heavy (non-hydrogen) atoms. The summed E-state index contributed by atoms with van der Waals surface area (Å²) in [6, 6.07) is 22.8. The zero-order valence-electron chi connectivity index (χ0n) is 15.4. The van der Waals surface area contributed by atoms with Crippen LogP contribution in [0, 0.1) is 0 Å². The van der Waals surface area contributed by atoms with Crippen molar-refractivity contribution in [3.63, 3.8) is 0 Å². The summed E-state index contributed by atoms with van der Waals surface area (Å²) >= 11 is 3.52. The quantitative estimate of drug-likeness (QED) is 0.291. The largest absolute Gasteiger partial charge is 0.497 e. The van der Waals surface area contributed by atoms with Gasteiger partial charge in [-0.05, 0) is 42.5 Å². The lowest BCUT2D eigenvalue weighted by Gasteiger charge is -2.02. The first-order valence-corrected chi connectivity index (χ1v) is 9.84. The molecule has 0 aliphatic heterocycles. The molecule has 142 valence electrons. The van der Waals surface area contributed by atoms with Crippen molar-refractivity contribution >= 4 is 37.7 Å². The molecule has 0 atom stereocenters. The SMILES string of the molecule is COc1ccc(-c2oc(-c3ccccc3)c3c2c(=O)oc2ccc(Br)cc23)cc1. The smallest absolute Gasteiger partial charge is 0.348 e. The molecule has 0 fully saturated rings. The van der Waals surface area contributed by atoms with Crippen molar-refractivity contribution in [1.29, 1.82) is 0 Å². The minimum atomic E-state index is -0.424. The van der Waals surface area contributed by atoms with Gasteiger partial charge < -0.3 is 13.6 Å². The number of hydrogen-bond donors (Lipinski definition) is 0. The molecule has 0 saturated carbocycles. The van der Waals surface area contributed by atoms with E-state index < -0.39 is 5.63 Å². The van der Waals surface area contributed by atoms with Gasteiger partial charge in [0.1, 0.15) is 28.2 Å². The summed E-state index contributed by atoms with van der Waals surface area (Å²) in [5.41, 5.74) is 1.76. The third-order valence-corrected chi connectivity index (χ3v) is 5.41. The average molecular weight is 447 g/mol. The fourth-order valence-electron chi connectivity index (χ4n) is 3.56. The first-order valence-electron chi connectivity index (χ1n) is 9.04. The third-order valence-electron chi connectivity index (χ3n) is 4.91. The number of fused-ring (bicyclic) bond motifs is 3. The summed E-state index contributed by atoms with van der Waals surface area (Å²) in [6.07, 6.45) is 0. The second-order valence-corrected chi connectivity index (χ2v) is 7.55. The van der Waals surface area contributed by atoms with Crippen molar-refractivity contribution in [1.82, 2.24) is 0 Å². The first kappa shape index (κ1) is 17.8. The summed E-state index contributed by atoms with van der Waals surface area (Å²) in [4.78, 5) is 13.0. The highest BCUT2D eigenvalue weighted by atomic mass is 79.9. The van der Waals surface area contributed by atoms with E-state index in [0.29, 0.717) is 22.5 Å². The van der Waals surface area contributed by atoms with E-state index in [0.717, 1.165) is 32.1 Å². The lowest BCUT2D eigenvalue weighted by molar-refractivity contribution is 0.415. The fraction of sp³-hybridized carbons (Fsp3) is 0.0417. The van der Waals surface area contributed by atoms with E-state index >= 15 is 0 Å². The molecule has 2 heterocycles. The Labute approximate surface area is 174 Å². The van der Waals surface area contributed by atoms with Crippen LogP contribution in [0.2, 0.25) is 0 Å². The summed E-state index contributed by atoms with van der Waals surface area (Å²) in [6.45, 7) is 0. The van der Waals surface area contributed by atoms with Crippen LogP contribution in [0.15, 0.2) is 90.9 Å². The average Bonchev–Trinajstić information content (AvgIpc) is 3.17. The fourth-order valence-corrected chi connectivity index (χ4v) is 3.92. The van der Waals surface area contributed by atoms with Gasteiger partial charge in [0.25, 0.3) is 0 Å². The predicted octanol–water partition coefficient (Wildman–Crippen LogP) is 6.64. The summed E-state index contributed by atoms with van der Waals surface area (Å²) in [5, 5.41) is 1.99. The van der Waals surface area contributed by atoms with Gasteiger partial charge in [-0.15, -0.1) is 0 Å². The van der Waals surface area contributed by atoms with Gasteiger partial charge in [0, 0.05) is 26.4 Å². The summed E-state index contributed by atoms with van der Waals surface area (Å²) in [5.74, 6) is 1.86. The van der Waals surface area contributed by atoms with Crippen LogP contribution in [0.5, 0.6) is 5.75 Å². The van der Waals surface area contributed by atoms with Gasteiger partial charge in [-0.25, -0.2) is 4.79 Å². The molecule has 0 radical (unpaired) electrons. The number of methoxy groups -OCH3 is 1. The van der Waals surface area contributed by atoms with Crippen LogP contribution >= 0.6 is 15.9 Å². The van der Waals surface area contributed by atoms with Crippen molar-refractivity contribution in [3.05, 3.63) is 87.7 Å². The molecule has 0 N–H and O–H groups in total. The van der Waals surface area contributed by atoms with Crippen LogP contribution in [-0.4, -0.2) is 7.11 Å². The number of furan rings is 1. The maximum Gasteiger partial charge on any atom is 0.348 e. The lowest BCUT2D eigenvalue weighted by atomic mass is 10.0. The molecule has 0 amide bonds. The highest BCUT2D eigenvalue weighted by Gasteiger charge is 2.23. The molecule has 0 spiro atoms. The second-order valence-electron chi connectivity index (χ2n) is 6.63. The number of halogens is 1. The topological polar surface area (TPSA) is 52.6 Å². The van der Waals surface area contributed by atoms with E-state index in [1.807, 2.05) is 66.7 Å². The Morgan fingerprint density at radius 1 is 0.793 bits per heavy atom. The van der Waals surface area contributed by atoms with Gasteiger partial charge in [-0.1, -0.05) is 46.3 Å². The molecule has 5 heteroatoms. The Kier molecular flexibility index (Phi) is 4.25. The maximum absolute atomic E-state index is 13.0. The Balaban J connectivity index is 1.93. The van der Waals surface area contributed by atoms with Gasteiger partial charge in [0.15, 0.2) is 0 Å². The van der Waals surface area contributed by atoms with Crippen LogP contribution in [0.25, 0.3) is 44.4 Å². The Morgan fingerprint density at radius 3 is 2.21 bits per heavy atom. The van der Waals surface area contributed by atoms with E-state index in [4.69, 9.17) is 13.6 Å². The van der Waals surface area contributed by atoms with Crippen molar-refractivity contribution < 1.29 is 13.6 Å². The van der Waals surface area contributed by atoms with Gasteiger partial charge in [-0.2, -0.15) is 0 Å². The van der Waals surface area contributed by atoms with Gasteiger partial charge in [0.2, 0.25) is 0 Å². The normalized spacial score (nSPS) is 11.2. The lowest BCUT2D eigenvalue weighted by Crippen LogP contribution is -1.99. The standard InChI is InChI=1S/C24H15BrO4/c1-27-17-10-7-15(8-11-17)23-21-20(22(29-23)14-5-3-2-4-6-14)18-13-16(25)9-12-19(18)28-24(21)26/h2-13H,1H3. The molecule has 0 aliphatic rings. The highest BCUT2D eigenvalue weighted by molar-refractivity contribution is 9.10. The molecule has 2 aromatic heterocycles. The Hall–Kier alpha value is -3.31. The molecule has 0 aliphatic carbocycles. The number of rotatable bonds is 3. The zero-order chi connectivity index (χ0) is 20.0. The Bertz CT molecular complexity index is 1400. The molecular weight excluding hydrogens is 432 g/mol. The van der Waals surface area contributed by atoms with Crippen LogP contribution < -0.4 is 10.4 Å². The number of benzene rings is 3. The molecule has 4 nitrogen and oxygen atoms in total. The van der Waals surface area contributed by atoms with E-state index in [1.54, 1.807) is 13.2 Å². The maximum atomic E-state index is 13.0. The summed E-state index contributed by atoms with van der Waals surface area (Å²) < 4.78 is 18.1. The van der Waals surface area contributed by atoms with Crippen LogP contribution in [0.4, 0.5) is 0 Å². The number of hydrogen-bond acceptors (Lipinski definition) is 4. The Morgan fingerprint density at radius 2 is 1.48 bits per heavy atom. The molecule has 5 aromatic rings. The van der Waals surface area contributed by atoms with E-state index in [1.165, 1.54) is 0 Å². The molecule has 0 saturated heterocycles. The first-order chi connectivity index (χ1) is 14.2. The van der Waals surface area contributed by atoms with Crippen molar-refractivity contribution in [2.24, 2.45) is 0 Å². The van der Waals surface area contributed by atoms with Crippen LogP contribution in [-0.2, 0) is 0 Å². The van der Waals surface area contributed by atoms with E-state index in [-0.39, 0.29) is 0 Å². The van der Waals surface area contributed by atoms with Gasteiger partial charge >= 0.3 is 5.63 Å². The van der Waals surface area contributed by atoms with Crippen LogP contribution in [0.1, 0.15) is 0 Å². The molecule has 5 rings (SSSR count). The third kappa shape index (κ3) is 2.95. The minimum absolute atomic E-state index is 0.424. The monoisotopic (exact) mass is 446 g/mol. The molecule has 0 bridgehead atoms. The van der Waals surface area contributed by atoms with Crippen LogP contribution in [0.3, 0.4) is 0 Å². The second kappa shape index (κ2) is 6.94. The van der Waals surface area contributed by atoms with E-state index in [9.17, 15) is 4.79 Å². The summed E-state index contributed by atoms with van der Waals surface area (Å²) in [7, 11) is 1.61.